The van der Waals surface area contributed by atoms with E-state index in [-0.39, 0.29) is 30.2 Å². The van der Waals surface area contributed by atoms with Crippen LogP contribution in [0.2, 0.25) is 0 Å². The molecule has 2 aromatic heterocycles. The van der Waals surface area contributed by atoms with Gasteiger partial charge in [0.2, 0.25) is 11.7 Å². The smallest absolute Gasteiger partial charge is 0.263 e. The van der Waals surface area contributed by atoms with Crippen LogP contribution in [0.1, 0.15) is 17.8 Å². The zero-order chi connectivity index (χ0) is 21.8. The minimum absolute atomic E-state index is 0.113. The Morgan fingerprint density at radius 3 is 2.68 bits per heavy atom. The Hall–Kier alpha value is -3.59. The maximum absolute atomic E-state index is 13.3. The van der Waals surface area contributed by atoms with Gasteiger partial charge < -0.3 is 10.1 Å². The molecule has 0 spiro atoms. The van der Waals surface area contributed by atoms with E-state index < -0.39 is 0 Å². The molecule has 0 unspecified atom stereocenters. The Labute approximate surface area is 177 Å². The summed E-state index contributed by atoms with van der Waals surface area (Å²) in [6.07, 6.45) is 0.592. The molecule has 8 nitrogen and oxygen atoms in total. The molecule has 0 aliphatic heterocycles. The van der Waals surface area contributed by atoms with E-state index >= 15 is 0 Å². The van der Waals surface area contributed by atoms with Gasteiger partial charge in [0.15, 0.2) is 0 Å². The van der Waals surface area contributed by atoms with Gasteiger partial charge in [0.05, 0.1) is 24.1 Å². The highest BCUT2D eigenvalue weighted by molar-refractivity contribution is 5.80. The highest BCUT2D eigenvalue weighted by Crippen LogP contribution is 2.16. The largest absolute Gasteiger partial charge is 0.383 e. The molecule has 0 fully saturated rings. The van der Waals surface area contributed by atoms with Crippen LogP contribution >= 0.6 is 0 Å². The van der Waals surface area contributed by atoms with Crippen LogP contribution in [0.5, 0.6) is 0 Å². The van der Waals surface area contributed by atoms with E-state index in [0.717, 1.165) is 5.56 Å². The molecule has 2 heterocycles. The molecular formula is C22H22FN5O3. The van der Waals surface area contributed by atoms with Gasteiger partial charge in [-0.1, -0.05) is 24.3 Å². The molecule has 2 aromatic carbocycles. The van der Waals surface area contributed by atoms with Crippen LogP contribution in [0.15, 0.2) is 53.3 Å². The second-order valence-corrected chi connectivity index (χ2v) is 7.13. The van der Waals surface area contributed by atoms with Gasteiger partial charge >= 0.3 is 0 Å². The second kappa shape index (κ2) is 9.05. The van der Waals surface area contributed by atoms with Gasteiger partial charge in [0.1, 0.15) is 11.6 Å². The predicted octanol–water partition coefficient (Wildman–Crippen LogP) is 1.93. The summed E-state index contributed by atoms with van der Waals surface area (Å²) in [6, 6.07) is 13.2. The number of fused-ring (bicyclic) bond motifs is 3. The fourth-order valence-electron chi connectivity index (χ4n) is 3.50. The molecule has 1 N–H and O–H groups in total. The normalized spacial score (nSPS) is 11.3. The Morgan fingerprint density at radius 1 is 1.13 bits per heavy atom. The molecule has 0 radical (unpaired) electrons. The molecule has 4 rings (SSSR count). The molecule has 0 saturated carbocycles. The first-order chi connectivity index (χ1) is 15.1. The number of amides is 1. The average Bonchev–Trinajstić information content (AvgIpc) is 3.21. The third-order valence-electron chi connectivity index (χ3n) is 5.03. The summed E-state index contributed by atoms with van der Waals surface area (Å²) in [4.78, 5) is 25.3. The number of hydrogen-bond donors (Lipinski definition) is 1. The fraction of sp³-hybridized carbons (Fsp3) is 0.273. The van der Waals surface area contributed by atoms with Gasteiger partial charge in [-0.25, -0.2) is 4.39 Å². The Bertz CT molecular complexity index is 1280. The molecule has 0 saturated heterocycles. The summed E-state index contributed by atoms with van der Waals surface area (Å²) < 4.78 is 21.5. The van der Waals surface area contributed by atoms with Gasteiger partial charge in [-0.3, -0.25) is 18.6 Å². The van der Waals surface area contributed by atoms with E-state index in [9.17, 15) is 14.0 Å². The van der Waals surface area contributed by atoms with Crippen LogP contribution in [-0.4, -0.2) is 45.3 Å². The number of para-hydroxylation sites is 1. The van der Waals surface area contributed by atoms with Gasteiger partial charge in [0, 0.05) is 26.5 Å². The second-order valence-electron chi connectivity index (χ2n) is 7.13. The van der Waals surface area contributed by atoms with Crippen molar-refractivity contribution in [2.45, 2.75) is 19.4 Å². The number of benzene rings is 2. The lowest BCUT2D eigenvalue weighted by atomic mass is 10.2. The van der Waals surface area contributed by atoms with E-state index in [1.807, 2.05) is 16.5 Å². The molecule has 31 heavy (non-hydrogen) atoms. The van der Waals surface area contributed by atoms with Crippen molar-refractivity contribution in [1.29, 1.82) is 0 Å². The minimum atomic E-state index is -0.340. The van der Waals surface area contributed by atoms with Crippen LogP contribution in [0, 0.1) is 5.82 Å². The van der Waals surface area contributed by atoms with E-state index in [1.54, 1.807) is 31.4 Å². The highest BCUT2D eigenvalue weighted by atomic mass is 19.1. The number of carbonyl (C=O) groups excluding carboxylic acids is 1. The molecule has 0 aliphatic carbocycles. The first kappa shape index (κ1) is 20.7. The van der Waals surface area contributed by atoms with Crippen molar-refractivity contribution < 1.29 is 13.9 Å². The van der Waals surface area contributed by atoms with E-state index in [4.69, 9.17) is 4.74 Å². The van der Waals surface area contributed by atoms with E-state index in [0.29, 0.717) is 42.1 Å². The summed E-state index contributed by atoms with van der Waals surface area (Å²) in [7, 11) is 1.57. The first-order valence-corrected chi connectivity index (χ1v) is 9.94. The van der Waals surface area contributed by atoms with E-state index in [1.165, 1.54) is 16.7 Å². The monoisotopic (exact) mass is 423 g/mol. The summed E-state index contributed by atoms with van der Waals surface area (Å²) >= 11 is 0. The maximum atomic E-state index is 13.3. The number of aryl methyl sites for hydroxylation is 1. The molecular weight excluding hydrogens is 401 g/mol. The number of carbonyl (C=O) groups is 1. The number of hydrogen-bond acceptors (Lipinski definition) is 5. The number of halogens is 1. The van der Waals surface area contributed by atoms with Crippen LogP contribution in [0.25, 0.3) is 16.7 Å². The molecule has 1 amide bonds. The minimum Gasteiger partial charge on any atom is -0.383 e. The molecule has 0 aliphatic rings. The fourth-order valence-corrected chi connectivity index (χ4v) is 3.50. The number of aromatic nitrogens is 4. The Balaban J connectivity index is 1.73. The van der Waals surface area contributed by atoms with Gasteiger partial charge in [0.25, 0.3) is 5.56 Å². The quantitative estimate of drug-likeness (QED) is 0.438. The molecule has 9 heteroatoms. The standard InChI is InChI=1S/C22H22FN5O3/c1-31-13-12-24-20(29)11-10-19-25-26-22-27(14-15-6-8-16(23)9-7-15)21(30)17-4-2-3-5-18(17)28(19)22/h2-9H,10-14H2,1H3,(H,24,29). The highest BCUT2D eigenvalue weighted by Gasteiger charge is 2.17. The summed E-state index contributed by atoms with van der Waals surface area (Å²) in [5, 5.41) is 11.8. The van der Waals surface area contributed by atoms with Crippen molar-refractivity contribution in [2.24, 2.45) is 0 Å². The van der Waals surface area contributed by atoms with Crippen LogP contribution in [0.4, 0.5) is 4.39 Å². The van der Waals surface area contributed by atoms with Crippen LogP contribution < -0.4 is 10.9 Å². The molecule has 160 valence electrons. The zero-order valence-electron chi connectivity index (χ0n) is 17.0. The topological polar surface area (TPSA) is 90.5 Å². The summed E-state index contributed by atoms with van der Waals surface area (Å²) in [5.41, 5.74) is 1.24. The third kappa shape index (κ3) is 4.31. The lowest BCUT2D eigenvalue weighted by Gasteiger charge is -2.11. The summed E-state index contributed by atoms with van der Waals surface area (Å²) in [6.45, 7) is 1.11. The van der Waals surface area contributed by atoms with Crippen molar-refractivity contribution in [3.05, 3.63) is 76.1 Å². The van der Waals surface area contributed by atoms with Crippen molar-refractivity contribution in [3.8, 4) is 0 Å². The number of ether oxygens (including phenoxy) is 1. The van der Waals surface area contributed by atoms with Crippen LogP contribution in [0.3, 0.4) is 0 Å². The maximum Gasteiger partial charge on any atom is 0.263 e. The molecule has 4 aromatic rings. The number of methoxy groups -OCH3 is 1. The van der Waals surface area contributed by atoms with Crippen molar-refractivity contribution in [3.63, 3.8) is 0 Å². The van der Waals surface area contributed by atoms with Gasteiger partial charge in [-0.05, 0) is 29.8 Å². The first-order valence-electron chi connectivity index (χ1n) is 9.94. The van der Waals surface area contributed by atoms with E-state index in [2.05, 4.69) is 15.5 Å². The predicted molar refractivity (Wildman–Crippen MR) is 113 cm³/mol. The van der Waals surface area contributed by atoms with Gasteiger partial charge in [-0.2, -0.15) is 0 Å². The van der Waals surface area contributed by atoms with Crippen LogP contribution in [-0.2, 0) is 22.5 Å². The lowest BCUT2D eigenvalue weighted by Crippen LogP contribution is -2.27. The third-order valence-corrected chi connectivity index (χ3v) is 5.03. The number of rotatable bonds is 8. The molecule has 0 atom stereocenters. The van der Waals surface area contributed by atoms with Gasteiger partial charge in [-0.15, -0.1) is 10.2 Å². The van der Waals surface area contributed by atoms with Crippen molar-refractivity contribution in [2.75, 3.05) is 20.3 Å². The number of nitrogens with one attached hydrogen (secondary N) is 1. The average molecular weight is 423 g/mol. The zero-order valence-corrected chi connectivity index (χ0v) is 17.0. The molecule has 0 bridgehead atoms. The Morgan fingerprint density at radius 2 is 1.90 bits per heavy atom. The van der Waals surface area contributed by atoms with Crippen molar-refractivity contribution >= 4 is 22.6 Å². The Kier molecular flexibility index (Phi) is 6.03. The van der Waals surface area contributed by atoms with Crippen molar-refractivity contribution in [1.82, 2.24) is 24.5 Å². The lowest BCUT2D eigenvalue weighted by molar-refractivity contribution is -0.121. The number of nitrogens with zero attached hydrogens (tertiary/aromatic N) is 4. The summed E-state index contributed by atoms with van der Waals surface area (Å²) in [5.74, 6) is 0.509. The SMILES string of the molecule is COCCNC(=O)CCc1nnc2n(Cc3ccc(F)cc3)c(=O)c3ccccc3n12.